The van der Waals surface area contributed by atoms with Crippen molar-refractivity contribution in [2.45, 2.75) is 19.8 Å². The van der Waals surface area contributed by atoms with Crippen LogP contribution in [0.25, 0.3) is 0 Å². The van der Waals surface area contributed by atoms with Crippen LogP contribution >= 0.6 is 19.4 Å². The van der Waals surface area contributed by atoms with Crippen molar-refractivity contribution in [3.63, 3.8) is 0 Å². The first kappa shape index (κ1) is 18.6. The van der Waals surface area contributed by atoms with Crippen molar-refractivity contribution >= 4 is 40.4 Å². The lowest BCUT2D eigenvalue weighted by molar-refractivity contribution is 0.594. The third-order valence-electron chi connectivity index (χ3n) is 4.35. The lowest BCUT2D eigenvalue weighted by Crippen LogP contribution is -2.25. The third kappa shape index (κ3) is 3.80. The summed E-state index contributed by atoms with van der Waals surface area (Å²) >= 11 is 5.65. The van der Waals surface area contributed by atoms with Crippen LogP contribution in [0.5, 0.6) is 0 Å². The van der Waals surface area contributed by atoms with Gasteiger partial charge in [-0.05, 0) is 23.6 Å². The molecule has 26 heavy (non-hydrogen) atoms. The quantitative estimate of drug-likeness (QED) is 0.467. The molecule has 0 fully saturated rings. The smallest absolute Gasteiger partial charge is 0.197 e. The maximum Gasteiger partial charge on any atom is 0.197 e. The van der Waals surface area contributed by atoms with Crippen molar-refractivity contribution in [3.05, 3.63) is 90.5 Å². The molecule has 0 aliphatic carbocycles. The highest BCUT2D eigenvalue weighted by molar-refractivity contribution is 8.08. The number of rotatable bonds is 5. The highest BCUT2D eigenvalue weighted by atomic mass is 32.1. The molecule has 0 aliphatic rings. The number of anilines is 1. The van der Waals surface area contributed by atoms with E-state index in [-0.39, 0.29) is 0 Å². The maximum absolute atomic E-state index is 14.1. The van der Waals surface area contributed by atoms with E-state index in [1.54, 1.807) is 0 Å². The molecule has 0 heterocycles. The monoisotopic (exact) mass is 379 g/mol. The minimum Gasteiger partial charge on any atom is -0.343 e. The molecule has 132 valence electrons. The van der Waals surface area contributed by atoms with Crippen LogP contribution in [-0.2, 0) is 4.57 Å². The predicted octanol–water partition coefficient (Wildman–Crippen LogP) is 5.52. The normalized spacial score (nSPS) is 11.3. The van der Waals surface area contributed by atoms with Crippen LogP contribution in [0.3, 0.4) is 0 Å². The molecule has 0 aliphatic heterocycles. The Kier molecular flexibility index (Phi) is 5.70. The van der Waals surface area contributed by atoms with Gasteiger partial charge in [-0.25, -0.2) is 0 Å². The van der Waals surface area contributed by atoms with Gasteiger partial charge >= 0.3 is 0 Å². The van der Waals surface area contributed by atoms with Crippen LogP contribution in [0, 0.1) is 0 Å². The van der Waals surface area contributed by atoms with Gasteiger partial charge in [0.25, 0.3) is 0 Å². The minimum absolute atomic E-state index is 0.354. The van der Waals surface area contributed by atoms with Crippen LogP contribution in [0.4, 0.5) is 5.69 Å². The molecule has 3 aromatic rings. The van der Waals surface area contributed by atoms with Crippen molar-refractivity contribution in [3.8, 4) is 0 Å². The molecule has 4 heteroatoms. The summed E-state index contributed by atoms with van der Waals surface area (Å²) in [7, 11) is -3.09. The van der Waals surface area contributed by atoms with Gasteiger partial charge in [-0.2, -0.15) is 0 Å². The lowest BCUT2D eigenvalue weighted by Gasteiger charge is -2.21. The van der Waals surface area contributed by atoms with Crippen LogP contribution in [-0.4, -0.2) is 4.73 Å². The SMILES string of the molecule is CC(C)c1ccc(NC(=S)P(=O)(c2ccccc2)c2ccccc2)cc1. The standard InChI is InChI=1S/C22H22NOPS/c1-17(2)18-13-15-19(16-14-18)23-22(26)25(24,20-9-5-3-6-10-20)21-11-7-4-8-12-21/h3-17H,1-2H3,(H,23,26). The molecule has 3 aromatic carbocycles. The largest absolute Gasteiger partial charge is 0.343 e. The first-order chi connectivity index (χ1) is 12.5. The zero-order valence-corrected chi connectivity index (χ0v) is 16.6. The first-order valence-corrected chi connectivity index (χ1v) is 10.8. The second kappa shape index (κ2) is 7.99. The highest BCUT2D eigenvalue weighted by Crippen LogP contribution is 2.45. The second-order valence-corrected chi connectivity index (χ2v) is 9.90. The fraction of sp³-hybridized carbons (Fsp3) is 0.136. The average molecular weight is 379 g/mol. The highest BCUT2D eigenvalue weighted by Gasteiger charge is 2.32. The molecule has 0 aromatic heterocycles. The summed E-state index contributed by atoms with van der Waals surface area (Å²) in [6.07, 6.45) is 0. The van der Waals surface area contributed by atoms with E-state index in [9.17, 15) is 4.57 Å². The zero-order chi connectivity index (χ0) is 18.6. The van der Waals surface area contributed by atoms with E-state index in [1.165, 1.54) is 5.56 Å². The minimum atomic E-state index is -3.09. The molecule has 0 amide bonds. The van der Waals surface area contributed by atoms with E-state index in [4.69, 9.17) is 12.2 Å². The Morgan fingerprint density at radius 2 is 1.27 bits per heavy atom. The van der Waals surface area contributed by atoms with E-state index in [0.717, 1.165) is 16.3 Å². The van der Waals surface area contributed by atoms with E-state index >= 15 is 0 Å². The Balaban J connectivity index is 1.97. The van der Waals surface area contributed by atoms with Gasteiger partial charge in [0, 0.05) is 16.3 Å². The molecule has 2 nitrogen and oxygen atoms in total. The van der Waals surface area contributed by atoms with Crippen molar-refractivity contribution in [1.29, 1.82) is 0 Å². The molecule has 0 radical (unpaired) electrons. The summed E-state index contributed by atoms with van der Waals surface area (Å²) in [6.45, 7) is 4.32. The molecule has 3 rings (SSSR count). The van der Waals surface area contributed by atoms with E-state index < -0.39 is 7.14 Å². The third-order valence-corrected chi connectivity index (χ3v) is 7.96. The Morgan fingerprint density at radius 3 is 1.69 bits per heavy atom. The summed E-state index contributed by atoms with van der Waals surface area (Å²) in [4.78, 5) is 0. The van der Waals surface area contributed by atoms with Gasteiger partial charge in [0.05, 0.1) is 0 Å². The molecular formula is C22H22NOPS. The van der Waals surface area contributed by atoms with Gasteiger partial charge in [0.2, 0.25) is 0 Å². The van der Waals surface area contributed by atoms with Crippen molar-refractivity contribution < 1.29 is 4.57 Å². The maximum atomic E-state index is 14.1. The summed E-state index contributed by atoms with van der Waals surface area (Å²) in [6, 6.07) is 27.0. The molecule has 0 saturated heterocycles. The Morgan fingerprint density at radius 1 is 0.808 bits per heavy atom. The number of thiocarbonyl (C=S) groups is 1. The van der Waals surface area contributed by atoms with Gasteiger partial charge in [-0.1, -0.05) is 98.9 Å². The van der Waals surface area contributed by atoms with Gasteiger partial charge in [0.15, 0.2) is 7.14 Å². The number of nitrogens with one attached hydrogen (secondary N) is 1. The van der Waals surface area contributed by atoms with E-state index in [0.29, 0.717) is 10.6 Å². The molecule has 0 bridgehead atoms. The summed E-state index contributed by atoms with van der Waals surface area (Å²) < 4.78 is 14.4. The van der Waals surface area contributed by atoms with Crippen molar-refractivity contribution in [1.82, 2.24) is 0 Å². The summed E-state index contributed by atoms with van der Waals surface area (Å²) in [5, 5.41) is 4.69. The van der Waals surface area contributed by atoms with Gasteiger partial charge < -0.3 is 9.88 Å². The summed E-state index contributed by atoms with van der Waals surface area (Å²) in [5.41, 5.74) is 2.11. The molecule has 0 spiro atoms. The van der Waals surface area contributed by atoms with Crippen LogP contribution in [0.15, 0.2) is 84.9 Å². The fourth-order valence-corrected chi connectivity index (χ4v) is 5.80. The van der Waals surface area contributed by atoms with Crippen LogP contribution in [0.1, 0.15) is 25.3 Å². The van der Waals surface area contributed by atoms with Crippen LogP contribution < -0.4 is 15.9 Å². The molecule has 0 atom stereocenters. The van der Waals surface area contributed by atoms with Gasteiger partial charge in [-0.15, -0.1) is 0 Å². The van der Waals surface area contributed by atoms with Crippen molar-refractivity contribution in [2.24, 2.45) is 0 Å². The topological polar surface area (TPSA) is 29.1 Å². The molecule has 0 unspecified atom stereocenters. The average Bonchev–Trinajstić information content (AvgIpc) is 2.69. The summed E-state index contributed by atoms with van der Waals surface area (Å²) in [5.74, 6) is 0.468. The molecule has 0 saturated carbocycles. The van der Waals surface area contributed by atoms with Gasteiger partial charge in [-0.3, -0.25) is 0 Å². The lowest BCUT2D eigenvalue weighted by atomic mass is 10.0. The predicted molar refractivity (Wildman–Crippen MR) is 117 cm³/mol. The molecular weight excluding hydrogens is 357 g/mol. The second-order valence-electron chi connectivity index (χ2n) is 6.49. The van der Waals surface area contributed by atoms with Gasteiger partial charge in [0.1, 0.15) is 4.73 Å². The van der Waals surface area contributed by atoms with E-state index in [1.807, 2.05) is 72.8 Å². The Hall–Kier alpha value is -2.22. The van der Waals surface area contributed by atoms with Crippen LogP contribution in [0.2, 0.25) is 0 Å². The first-order valence-electron chi connectivity index (χ1n) is 8.64. The Bertz CT molecular complexity index is 878. The molecule has 1 N–H and O–H groups in total. The Labute approximate surface area is 160 Å². The fourth-order valence-electron chi connectivity index (χ4n) is 2.81. The number of hydrogen-bond acceptors (Lipinski definition) is 2. The number of hydrogen-bond donors (Lipinski definition) is 1. The van der Waals surface area contributed by atoms with Crippen molar-refractivity contribution in [2.75, 3.05) is 5.32 Å². The number of benzene rings is 3. The zero-order valence-electron chi connectivity index (χ0n) is 14.9. The van der Waals surface area contributed by atoms with E-state index in [2.05, 4.69) is 31.3 Å².